The van der Waals surface area contributed by atoms with E-state index >= 15 is 0 Å². The molecule has 0 saturated carbocycles. The van der Waals surface area contributed by atoms with E-state index < -0.39 is 0 Å². The van der Waals surface area contributed by atoms with Crippen LogP contribution in [0.3, 0.4) is 0 Å². The van der Waals surface area contributed by atoms with Gasteiger partial charge in [-0.15, -0.1) is 0 Å². The summed E-state index contributed by atoms with van der Waals surface area (Å²) in [6.45, 7) is 13.0. The van der Waals surface area contributed by atoms with Gasteiger partial charge in [0.25, 0.3) is 0 Å². The molecule has 0 spiro atoms. The van der Waals surface area contributed by atoms with E-state index in [1.165, 1.54) is 6.54 Å². The number of hydrogen-bond acceptors (Lipinski definition) is 2. The maximum absolute atomic E-state index is 3.82. The highest BCUT2D eigenvalue weighted by atomic mass is 15.2. The molecular weight excluding hydrogens is 148 g/mol. The molecule has 0 aromatic carbocycles. The number of likely N-dealkylation sites (N-methyl/N-ethyl adjacent to an activating group) is 1. The van der Waals surface area contributed by atoms with Crippen LogP contribution in [-0.2, 0) is 0 Å². The fraction of sp³-hybridized carbons (Fsp3) is 0.800. The van der Waals surface area contributed by atoms with Crippen molar-refractivity contribution in [2.75, 3.05) is 33.2 Å². The van der Waals surface area contributed by atoms with Crippen LogP contribution in [0.2, 0.25) is 0 Å². The monoisotopic (exact) mass is 168 g/mol. The fourth-order valence-electron chi connectivity index (χ4n) is 1.94. The third-order valence-corrected chi connectivity index (χ3v) is 2.36. The molecule has 12 heavy (non-hydrogen) atoms. The van der Waals surface area contributed by atoms with Gasteiger partial charge in [0.2, 0.25) is 0 Å². The minimum absolute atomic E-state index is 0.388. The minimum Gasteiger partial charge on any atom is -0.376 e. The van der Waals surface area contributed by atoms with Crippen LogP contribution in [0.15, 0.2) is 12.8 Å². The van der Waals surface area contributed by atoms with Crippen molar-refractivity contribution in [1.82, 2.24) is 9.80 Å². The van der Waals surface area contributed by atoms with Crippen molar-refractivity contribution in [3.8, 4) is 0 Å². The maximum Gasteiger partial charge on any atom is 0.0300 e. The lowest BCUT2D eigenvalue weighted by Crippen LogP contribution is -2.33. The minimum atomic E-state index is 0.388. The molecule has 2 heteroatoms. The number of nitrogens with zero attached hydrogens (tertiary/aromatic N) is 2. The molecule has 0 amide bonds. The van der Waals surface area contributed by atoms with E-state index in [2.05, 4.69) is 37.3 Å². The van der Waals surface area contributed by atoms with Gasteiger partial charge in [-0.25, -0.2) is 0 Å². The van der Waals surface area contributed by atoms with E-state index in [1.807, 2.05) is 6.20 Å². The summed E-state index contributed by atoms with van der Waals surface area (Å²) in [6.07, 6.45) is 1.96. The van der Waals surface area contributed by atoms with Crippen LogP contribution >= 0.6 is 0 Å². The van der Waals surface area contributed by atoms with Gasteiger partial charge in [-0.3, -0.25) is 0 Å². The van der Waals surface area contributed by atoms with Crippen molar-refractivity contribution in [3.63, 3.8) is 0 Å². The molecule has 0 radical (unpaired) electrons. The van der Waals surface area contributed by atoms with Crippen LogP contribution in [0.5, 0.6) is 0 Å². The molecule has 0 N–H and O–H groups in total. The van der Waals surface area contributed by atoms with Gasteiger partial charge in [-0.1, -0.05) is 20.4 Å². The smallest absolute Gasteiger partial charge is 0.0300 e. The van der Waals surface area contributed by atoms with E-state index in [0.717, 1.165) is 19.6 Å². The summed E-state index contributed by atoms with van der Waals surface area (Å²) in [5.74, 6) is 0. The molecule has 2 nitrogen and oxygen atoms in total. The Morgan fingerprint density at radius 1 is 1.25 bits per heavy atom. The second kappa shape index (κ2) is 3.48. The summed E-state index contributed by atoms with van der Waals surface area (Å²) < 4.78 is 0. The van der Waals surface area contributed by atoms with Crippen molar-refractivity contribution < 1.29 is 0 Å². The Bertz CT molecular complexity index is 163. The SMILES string of the molecule is C=CN1CCN(C)CC(C)(C)C1. The zero-order valence-electron chi connectivity index (χ0n) is 8.51. The highest BCUT2D eigenvalue weighted by molar-refractivity contribution is 4.85. The Balaban J connectivity index is 2.62. The highest BCUT2D eigenvalue weighted by Crippen LogP contribution is 2.20. The molecule has 0 unspecified atom stereocenters. The van der Waals surface area contributed by atoms with Crippen LogP contribution in [0.4, 0.5) is 0 Å². The third-order valence-electron chi connectivity index (χ3n) is 2.36. The third kappa shape index (κ3) is 2.52. The van der Waals surface area contributed by atoms with Crippen LogP contribution in [-0.4, -0.2) is 43.0 Å². The number of hydrogen-bond donors (Lipinski definition) is 0. The average molecular weight is 168 g/mol. The molecular formula is C10H20N2. The fourth-order valence-corrected chi connectivity index (χ4v) is 1.94. The lowest BCUT2D eigenvalue weighted by molar-refractivity contribution is 0.224. The van der Waals surface area contributed by atoms with Crippen LogP contribution in [0.1, 0.15) is 13.8 Å². The standard InChI is InChI=1S/C10H20N2/c1-5-12-7-6-11(4)8-10(2,3)9-12/h5H,1,6-9H2,2-4H3. The summed E-state index contributed by atoms with van der Waals surface area (Å²) in [6, 6.07) is 0. The topological polar surface area (TPSA) is 6.48 Å². The molecule has 1 heterocycles. The molecule has 70 valence electrons. The van der Waals surface area contributed by atoms with Crippen molar-refractivity contribution in [1.29, 1.82) is 0 Å². The lowest BCUT2D eigenvalue weighted by Gasteiger charge is -2.28. The first-order valence-electron chi connectivity index (χ1n) is 4.59. The molecule has 1 fully saturated rings. The van der Waals surface area contributed by atoms with Gasteiger partial charge in [-0.05, 0) is 18.7 Å². The van der Waals surface area contributed by atoms with Gasteiger partial charge in [0.1, 0.15) is 0 Å². The summed E-state index contributed by atoms with van der Waals surface area (Å²) in [5, 5.41) is 0. The zero-order chi connectivity index (χ0) is 9.19. The van der Waals surface area contributed by atoms with Crippen LogP contribution < -0.4 is 0 Å². The first-order chi connectivity index (χ1) is 5.53. The van der Waals surface area contributed by atoms with Crippen molar-refractivity contribution in [2.24, 2.45) is 5.41 Å². The van der Waals surface area contributed by atoms with Gasteiger partial charge in [-0.2, -0.15) is 0 Å². The summed E-state index contributed by atoms with van der Waals surface area (Å²) >= 11 is 0. The molecule has 0 atom stereocenters. The highest BCUT2D eigenvalue weighted by Gasteiger charge is 2.25. The number of rotatable bonds is 1. The largest absolute Gasteiger partial charge is 0.376 e. The van der Waals surface area contributed by atoms with E-state index in [0.29, 0.717) is 5.41 Å². The van der Waals surface area contributed by atoms with Gasteiger partial charge in [0.15, 0.2) is 0 Å². The van der Waals surface area contributed by atoms with Gasteiger partial charge in [0, 0.05) is 26.2 Å². The predicted octanol–water partition coefficient (Wildman–Crippen LogP) is 1.40. The molecule has 1 aliphatic heterocycles. The quantitative estimate of drug-likeness (QED) is 0.584. The molecule has 0 aromatic rings. The van der Waals surface area contributed by atoms with E-state index in [1.54, 1.807) is 0 Å². The van der Waals surface area contributed by atoms with Crippen molar-refractivity contribution in [2.45, 2.75) is 13.8 Å². The Labute approximate surface area is 75.8 Å². The molecule has 0 aliphatic carbocycles. The Hall–Kier alpha value is -0.500. The Morgan fingerprint density at radius 3 is 2.50 bits per heavy atom. The summed E-state index contributed by atoms with van der Waals surface area (Å²) in [5.41, 5.74) is 0.388. The molecule has 1 saturated heterocycles. The van der Waals surface area contributed by atoms with Crippen LogP contribution in [0, 0.1) is 5.41 Å². The van der Waals surface area contributed by atoms with E-state index in [9.17, 15) is 0 Å². The summed E-state index contributed by atoms with van der Waals surface area (Å²) in [7, 11) is 2.19. The zero-order valence-corrected chi connectivity index (χ0v) is 8.51. The molecule has 0 bridgehead atoms. The van der Waals surface area contributed by atoms with E-state index in [-0.39, 0.29) is 0 Å². The molecule has 0 aromatic heterocycles. The normalized spacial score (nSPS) is 25.1. The molecule has 1 aliphatic rings. The lowest BCUT2D eigenvalue weighted by atomic mass is 9.93. The van der Waals surface area contributed by atoms with Gasteiger partial charge in [0.05, 0.1) is 0 Å². The van der Waals surface area contributed by atoms with E-state index in [4.69, 9.17) is 0 Å². The Morgan fingerprint density at radius 2 is 1.92 bits per heavy atom. The predicted molar refractivity (Wildman–Crippen MR) is 53.0 cm³/mol. The average Bonchev–Trinajstić information content (AvgIpc) is 2.07. The summed E-state index contributed by atoms with van der Waals surface area (Å²) in [4.78, 5) is 4.70. The van der Waals surface area contributed by atoms with Crippen molar-refractivity contribution >= 4 is 0 Å². The molecule has 1 rings (SSSR count). The second-order valence-corrected chi connectivity index (χ2v) is 4.56. The first-order valence-corrected chi connectivity index (χ1v) is 4.59. The Kier molecular flexibility index (Phi) is 2.78. The van der Waals surface area contributed by atoms with Gasteiger partial charge >= 0.3 is 0 Å². The van der Waals surface area contributed by atoms with Gasteiger partial charge < -0.3 is 9.80 Å². The second-order valence-electron chi connectivity index (χ2n) is 4.56. The maximum atomic E-state index is 3.82. The van der Waals surface area contributed by atoms with Crippen LogP contribution in [0.25, 0.3) is 0 Å². The van der Waals surface area contributed by atoms with Crippen molar-refractivity contribution in [3.05, 3.63) is 12.8 Å². The first kappa shape index (κ1) is 9.59.